The van der Waals surface area contributed by atoms with E-state index in [-0.39, 0.29) is 10.5 Å². The van der Waals surface area contributed by atoms with Crippen LogP contribution in [0.15, 0.2) is 0 Å². The Kier molecular flexibility index (Phi) is 5.10. The zero-order valence-electron chi connectivity index (χ0n) is 10.5. The largest absolute Gasteiger partial charge is 0.479 e. The van der Waals surface area contributed by atoms with Gasteiger partial charge in [-0.25, -0.2) is 4.79 Å². The van der Waals surface area contributed by atoms with Gasteiger partial charge < -0.3 is 10.4 Å². The fraction of sp³-hybridized carbons (Fsp3) is 0.800. The highest BCUT2D eigenvalue weighted by Gasteiger charge is 2.58. The molecular formula is C10H16F3NO3S. The highest BCUT2D eigenvalue weighted by molar-refractivity contribution is 8.01. The maximum absolute atomic E-state index is 12.6. The highest BCUT2D eigenvalue weighted by Crippen LogP contribution is 2.31. The van der Waals surface area contributed by atoms with Crippen molar-refractivity contribution in [1.29, 1.82) is 0 Å². The minimum Gasteiger partial charge on any atom is -0.479 e. The summed E-state index contributed by atoms with van der Waals surface area (Å²) in [6.07, 6.45) is -5.05. The minimum absolute atomic E-state index is 0.234. The average Bonchev–Trinajstić information content (AvgIpc) is 2.11. The summed E-state index contributed by atoms with van der Waals surface area (Å²) >= 11 is 1.13. The van der Waals surface area contributed by atoms with Crippen LogP contribution >= 0.6 is 11.8 Å². The molecule has 1 unspecified atom stereocenters. The molecule has 0 aromatic carbocycles. The van der Waals surface area contributed by atoms with Gasteiger partial charge in [-0.05, 0) is 6.92 Å². The Bertz CT molecular complexity index is 338. The molecule has 1 atom stereocenters. The summed E-state index contributed by atoms with van der Waals surface area (Å²) in [6, 6.07) is 0. The monoisotopic (exact) mass is 287 g/mol. The number of thioether (sulfide) groups is 1. The second-order valence-electron chi connectivity index (χ2n) is 4.88. The molecule has 0 bridgehead atoms. The van der Waals surface area contributed by atoms with Gasteiger partial charge in [-0.1, -0.05) is 20.8 Å². The smallest absolute Gasteiger partial charge is 0.422 e. The SMILES string of the molecule is CC(C)(C)SCC(=O)NC(C)(C(=O)O)C(F)(F)F. The molecule has 1 amide bonds. The molecule has 4 nitrogen and oxygen atoms in total. The molecule has 0 aliphatic carbocycles. The van der Waals surface area contributed by atoms with E-state index in [9.17, 15) is 22.8 Å². The van der Waals surface area contributed by atoms with Crippen LogP contribution in [-0.2, 0) is 9.59 Å². The fourth-order valence-corrected chi connectivity index (χ4v) is 1.48. The summed E-state index contributed by atoms with van der Waals surface area (Å²) in [5, 5.41) is 10.1. The number of carboxylic acid groups (broad SMARTS) is 1. The van der Waals surface area contributed by atoms with Gasteiger partial charge in [0.2, 0.25) is 11.4 Å². The van der Waals surface area contributed by atoms with E-state index in [1.54, 1.807) is 20.8 Å². The van der Waals surface area contributed by atoms with Crippen molar-refractivity contribution in [1.82, 2.24) is 5.32 Å². The molecule has 0 spiro atoms. The van der Waals surface area contributed by atoms with Crippen LogP contribution in [0.5, 0.6) is 0 Å². The number of alkyl halides is 3. The second-order valence-corrected chi connectivity index (χ2v) is 6.68. The lowest BCUT2D eigenvalue weighted by Gasteiger charge is -2.29. The first kappa shape index (κ1) is 17.1. The van der Waals surface area contributed by atoms with Crippen LogP contribution in [0.25, 0.3) is 0 Å². The number of hydrogen-bond donors (Lipinski definition) is 2. The lowest BCUT2D eigenvalue weighted by molar-refractivity contribution is -0.206. The van der Waals surface area contributed by atoms with E-state index in [0.717, 1.165) is 11.8 Å². The lowest BCUT2D eigenvalue weighted by atomic mass is 10.0. The predicted molar refractivity (Wildman–Crippen MR) is 62.4 cm³/mol. The number of halogens is 3. The van der Waals surface area contributed by atoms with Gasteiger partial charge in [0.15, 0.2) is 0 Å². The Morgan fingerprint density at radius 1 is 1.17 bits per heavy atom. The first-order valence-corrected chi connectivity index (χ1v) is 6.03. The number of hydrogen-bond acceptors (Lipinski definition) is 3. The predicted octanol–water partition coefficient (Wildman–Crippen LogP) is 2.04. The van der Waals surface area contributed by atoms with Crippen molar-refractivity contribution in [2.45, 2.75) is 44.2 Å². The normalized spacial score (nSPS) is 15.9. The summed E-state index contributed by atoms with van der Waals surface area (Å²) in [7, 11) is 0. The van der Waals surface area contributed by atoms with Crippen LogP contribution < -0.4 is 5.32 Å². The van der Waals surface area contributed by atoms with Crippen LogP contribution in [0.3, 0.4) is 0 Å². The van der Waals surface area contributed by atoms with Crippen molar-refractivity contribution >= 4 is 23.6 Å². The molecule has 8 heteroatoms. The molecule has 0 aliphatic rings. The van der Waals surface area contributed by atoms with Crippen molar-refractivity contribution in [3.8, 4) is 0 Å². The molecule has 0 heterocycles. The Morgan fingerprint density at radius 3 is 1.89 bits per heavy atom. The van der Waals surface area contributed by atoms with Crippen molar-refractivity contribution < 1.29 is 27.9 Å². The molecule has 2 N–H and O–H groups in total. The Balaban J connectivity index is 4.74. The van der Waals surface area contributed by atoms with Crippen molar-refractivity contribution in [3.05, 3.63) is 0 Å². The zero-order chi connectivity index (χ0) is 14.8. The van der Waals surface area contributed by atoms with E-state index in [0.29, 0.717) is 6.92 Å². The quantitative estimate of drug-likeness (QED) is 0.830. The standard InChI is InChI=1S/C10H16F3NO3S/c1-8(2,3)18-5-6(15)14-9(4,7(16)17)10(11,12)13/h5H2,1-4H3,(H,14,15)(H,16,17). The van der Waals surface area contributed by atoms with Crippen LogP contribution in [0.4, 0.5) is 13.2 Å². The number of rotatable bonds is 4. The van der Waals surface area contributed by atoms with E-state index in [1.165, 1.54) is 5.32 Å². The molecule has 0 rings (SSSR count). The molecule has 0 saturated heterocycles. The molecule has 0 aromatic heterocycles. The number of carboxylic acids is 1. The van der Waals surface area contributed by atoms with E-state index >= 15 is 0 Å². The van der Waals surface area contributed by atoms with E-state index in [1.807, 2.05) is 0 Å². The molecule has 0 saturated carbocycles. The molecule has 0 aliphatic heterocycles. The number of carbonyl (C=O) groups is 2. The van der Waals surface area contributed by atoms with Crippen molar-refractivity contribution in [2.24, 2.45) is 0 Å². The van der Waals surface area contributed by atoms with Gasteiger partial charge in [0, 0.05) is 4.75 Å². The van der Waals surface area contributed by atoms with Crippen molar-refractivity contribution in [2.75, 3.05) is 5.75 Å². The number of amides is 1. The molecule has 18 heavy (non-hydrogen) atoms. The maximum Gasteiger partial charge on any atom is 0.422 e. The summed E-state index contributed by atoms with van der Waals surface area (Å²) in [4.78, 5) is 22.0. The zero-order valence-corrected chi connectivity index (χ0v) is 11.3. The second kappa shape index (κ2) is 5.38. The first-order chi connectivity index (χ1) is 7.79. The summed E-state index contributed by atoms with van der Waals surface area (Å²) in [5.41, 5.74) is -3.26. The van der Waals surface area contributed by atoms with Gasteiger partial charge in [-0.15, -0.1) is 11.8 Å². The maximum atomic E-state index is 12.6. The topological polar surface area (TPSA) is 66.4 Å². The van der Waals surface area contributed by atoms with Gasteiger partial charge in [0.05, 0.1) is 5.75 Å². The molecule has 106 valence electrons. The highest BCUT2D eigenvalue weighted by atomic mass is 32.2. The Morgan fingerprint density at radius 2 is 1.61 bits per heavy atom. The van der Waals surface area contributed by atoms with Crippen LogP contribution in [0.2, 0.25) is 0 Å². The van der Waals surface area contributed by atoms with E-state index in [2.05, 4.69) is 0 Å². The summed E-state index contributed by atoms with van der Waals surface area (Å²) < 4.78 is 37.5. The van der Waals surface area contributed by atoms with Crippen LogP contribution in [0.1, 0.15) is 27.7 Å². The third kappa shape index (κ3) is 4.75. The molecule has 0 aromatic rings. The molecule has 0 fully saturated rings. The molecule has 0 radical (unpaired) electrons. The van der Waals surface area contributed by atoms with E-state index in [4.69, 9.17) is 5.11 Å². The van der Waals surface area contributed by atoms with Crippen LogP contribution in [-0.4, -0.2) is 39.2 Å². The third-order valence-corrected chi connectivity index (χ3v) is 3.29. The summed E-state index contributed by atoms with van der Waals surface area (Å²) in [6.45, 7) is 5.82. The van der Waals surface area contributed by atoms with Crippen LogP contribution in [0, 0.1) is 0 Å². The minimum atomic E-state index is -5.05. The molecular weight excluding hydrogens is 271 g/mol. The fourth-order valence-electron chi connectivity index (χ4n) is 0.843. The average molecular weight is 287 g/mol. The van der Waals surface area contributed by atoms with Gasteiger partial charge in [0.25, 0.3) is 0 Å². The summed E-state index contributed by atoms with van der Waals surface area (Å²) in [5.74, 6) is -3.33. The number of nitrogens with one attached hydrogen (secondary N) is 1. The van der Waals surface area contributed by atoms with Gasteiger partial charge in [-0.3, -0.25) is 4.79 Å². The van der Waals surface area contributed by atoms with Gasteiger partial charge in [0.1, 0.15) is 0 Å². The first-order valence-electron chi connectivity index (χ1n) is 5.05. The lowest BCUT2D eigenvalue weighted by Crippen LogP contribution is -2.62. The van der Waals surface area contributed by atoms with Gasteiger partial charge >= 0.3 is 12.1 Å². The van der Waals surface area contributed by atoms with Crippen molar-refractivity contribution in [3.63, 3.8) is 0 Å². The number of aliphatic carboxylic acids is 1. The Hall–Kier alpha value is -0.920. The third-order valence-electron chi connectivity index (χ3n) is 2.02. The van der Waals surface area contributed by atoms with E-state index < -0.39 is 23.6 Å². The Labute approximate surface area is 107 Å². The number of carbonyl (C=O) groups excluding carboxylic acids is 1. The van der Waals surface area contributed by atoms with Gasteiger partial charge in [-0.2, -0.15) is 13.2 Å².